The lowest BCUT2D eigenvalue weighted by atomic mass is 10.1. The summed E-state index contributed by atoms with van der Waals surface area (Å²) in [6, 6.07) is 6.71. The van der Waals surface area contributed by atoms with Crippen LogP contribution in [0, 0.1) is 0 Å². The van der Waals surface area contributed by atoms with Gasteiger partial charge in [-0.1, -0.05) is 18.6 Å². The lowest BCUT2D eigenvalue weighted by Gasteiger charge is -2.15. The summed E-state index contributed by atoms with van der Waals surface area (Å²) >= 11 is 0. The molecule has 9 heteroatoms. The lowest BCUT2D eigenvalue weighted by molar-refractivity contribution is -0.138. The molecule has 26 heavy (non-hydrogen) atoms. The third-order valence-electron chi connectivity index (χ3n) is 4.07. The largest absolute Gasteiger partial charge is 0.481 e. The molecule has 0 aliphatic carbocycles. The molecule has 0 unspecified atom stereocenters. The van der Waals surface area contributed by atoms with Crippen LogP contribution in [0.3, 0.4) is 0 Å². The number of carboxylic acids is 1. The Labute approximate surface area is 153 Å². The van der Waals surface area contributed by atoms with Crippen molar-refractivity contribution in [2.45, 2.75) is 37.0 Å². The quantitative estimate of drug-likeness (QED) is 0.624. The highest BCUT2D eigenvalue weighted by molar-refractivity contribution is 7.90. The first-order valence-corrected chi connectivity index (χ1v) is 9.92. The molecule has 2 rings (SSSR count). The Hall–Kier alpha value is -2.42. The van der Waals surface area contributed by atoms with Crippen LogP contribution in [0.5, 0.6) is 0 Å². The molecule has 0 atom stereocenters. The summed E-state index contributed by atoms with van der Waals surface area (Å²) in [5, 5.41) is 8.61. The fourth-order valence-corrected chi connectivity index (χ4v) is 3.84. The van der Waals surface area contributed by atoms with E-state index in [4.69, 9.17) is 5.11 Å². The highest BCUT2D eigenvalue weighted by Crippen LogP contribution is 2.22. The first-order chi connectivity index (χ1) is 12.3. The van der Waals surface area contributed by atoms with Crippen molar-refractivity contribution in [3.63, 3.8) is 0 Å². The Bertz CT molecular complexity index is 804. The molecule has 0 saturated carbocycles. The molecule has 8 nitrogen and oxygen atoms in total. The standard InChI is InChI=1S/C17H23N3O5S/c1-20(12-10-16(22)23)15(21)9-3-2-6-11-18-17-13-7-4-5-8-14(13)26(24,25)19-17/h4-5,7-8H,2-3,6,9-12H2,1H3,(H,18,19)(H,22,23). The Morgan fingerprint density at radius 2 is 1.88 bits per heavy atom. The summed E-state index contributed by atoms with van der Waals surface area (Å²) in [6.45, 7) is 0.677. The highest BCUT2D eigenvalue weighted by Gasteiger charge is 2.29. The molecule has 2 N–H and O–H groups in total. The predicted molar refractivity (Wildman–Crippen MR) is 96.5 cm³/mol. The maximum absolute atomic E-state index is 12.0. The van der Waals surface area contributed by atoms with Crippen molar-refractivity contribution >= 4 is 27.7 Å². The van der Waals surface area contributed by atoms with Crippen molar-refractivity contribution in [2.24, 2.45) is 4.99 Å². The number of nitrogens with zero attached hydrogens (tertiary/aromatic N) is 2. The molecule has 1 heterocycles. The van der Waals surface area contributed by atoms with E-state index in [-0.39, 0.29) is 23.8 Å². The number of carbonyl (C=O) groups excluding carboxylic acids is 1. The SMILES string of the molecule is CN(CCC(=O)O)C(=O)CCCCCN=C1NS(=O)(=O)c2ccccc21. The maximum atomic E-state index is 12.0. The van der Waals surface area contributed by atoms with Gasteiger partial charge in [-0.2, -0.15) is 0 Å². The van der Waals surface area contributed by atoms with E-state index in [1.807, 2.05) is 0 Å². The van der Waals surface area contributed by atoms with Crippen LogP contribution in [0.15, 0.2) is 34.2 Å². The number of hydrogen-bond donors (Lipinski definition) is 2. The van der Waals surface area contributed by atoms with Gasteiger partial charge >= 0.3 is 5.97 Å². The number of amides is 1. The van der Waals surface area contributed by atoms with Crippen LogP contribution >= 0.6 is 0 Å². The van der Waals surface area contributed by atoms with E-state index in [1.165, 1.54) is 4.90 Å². The fourth-order valence-electron chi connectivity index (χ4n) is 2.59. The van der Waals surface area contributed by atoms with Crippen molar-refractivity contribution in [1.29, 1.82) is 0 Å². The van der Waals surface area contributed by atoms with Gasteiger partial charge in [-0.3, -0.25) is 19.3 Å². The maximum Gasteiger partial charge on any atom is 0.305 e. The Balaban J connectivity index is 1.72. The average molecular weight is 381 g/mol. The minimum Gasteiger partial charge on any atom is -0.481 e. The van der Waals surface area contributed by atoms with Crippen LogP contribution in [0.2, 0.25) is 0 Å². The monoisotopic (exact) mass is 381 g/mol. The second-order valence-electron chi connectivity index (χ2n) is 6.10. The lowest BCUT2D eigenvalue weighted by Crippen LogP contribution is -2.28. The number of carbonyl (C=O) groups is 2. The Kier molecular flexibility index (Phi) is 6.73. The van der Waals surface area contributed by atoms with E-state index in [1.54, 1.807) is 31.3 Å². The molecule has 1 aliphatic rings. The van der Waals surface area contributed by atoms with Gasteiger partial charge in [-0.05, 0) is 25.0 Å². The minimum absolute atomic E-state index is 0.0584. The smallest absolute Gasteiger partial charge is 0.305 e. The van der Waals surface area contributed by atoms with Gasteiger partial charge in [0.15, 0.2) is 0 Å². The van der Waals surface area contributed by atoms with E-state index in [2.05, 4.69) is 9.71 Å². The molecule has 0 radical (unpaired) electrons. The molecule has 1 aromatic carbocycles. The molecule has 0 fully saturated rings. The molecule has 142 valence electrons. The summed E-state index contributed by atoms with van der Waals surface area (Å²) in [6.07, 6.45) is 2.51. The van der Waals surface area contributed by atoms with Gasteiger partial charge in [-0.25, -0.2) is 8.42 Å². The van der Waals surface area contributed by atoms with E-state index < -0.39 is 16.0 Å². The minimum atomic E-state index is -3.51. The summed E-state index contributed by atoms with van der Waals surface area (Å²) in [4.78, 5) is 28.3. The first kappa shape index (κ1) is 19.9. The molecule has 0 aromatic heterocycles. The third-order valence-corrected chi connectivity index (χ3v) is 5.47. The van der Waals surface area contributed by atoms with Gasteiger partial charge in [0.1, 0.15) is 5.84 Å². The number of amidine groups is 1. The fraction of sp³-hybridized carbons (Fsp3) is 0.471. The topological polar surface area (TPSA) is 116 Å². The second kappa shape index (κ2) is 8.79. The molecular formula is C17H23N3O5S. The van der Waals surface area contributed by atoms with Crippen LogP contribution in [0.25, 0.3) is 0 Å². The molecule has 1 amide bonds. The molecule has 1 aliphatic heterocycles. The first-order valence-electron chi connectivity index (χ1n) is 8.43. The number of benzene rings is 1. The highest BCUT2D eigenvalue weighted by atomic mass is 32.2. The van der Waals surface area contributed by atoms with Gasteiger partial charge in [0.05, 0.1) is 11.3 Å². The molecule has 1 aromatic rings. The van der Waals surface area contributed by atoms with E-state index in [9.17, 15) is 18.0 Å². The summed E-state index contributed by atoms with van der Waals surface area (Å²) in [5.74, 6) is -0.631. The van der Waals surface area contributed by atoms with Crippen LogP contribution in [0.1, 0.15) is 37.7 Å². The van der Waals surface area contributed by atoms with E-state index in [0.29, 0.717) is 30.8 Å². The van der Waals surface area contributed by atoms with Crippen LogP contribution in [0.4, 0.5) is 0 Å². The number of aliphatic carboxylic acids is 1. The molecule has 0 bridgehead atoms. The van der Waals surface area contributed by atoms with Gasteiger partial charge in [-0.15, -0.1) is 0 Å². The van der Waals surface area contributed by atoms with Crippen molar-refractivity contribution in [3.8, 4) is 0 Å². The Morgan fingerprint density at radius 1 is 1.15 bits per heavy atom. The zero-order valence-corrected chi connectivity index (χ0v) is 15.5. The van der Waals surface area contributed by atoms with Crippen molar-refractivity contribution < 1.29 is 23.1 Å². The number of nitrogens with one attached hydrogen (secondary N) is 1. The summed E-state index contributed by atoms with van der Waals surface area (Å²) in [7, 11) is -1.91. The van der Waals surface area contributed by atoms with Gasteiger partial charge in [0.2, 0.25) is 5.91 Å². The summed E-state index contributed by atoms with van der Waals surface area (Å²) < 4.78 is 26.4. The summed E-state index contributed by atoms with van der Waals surface area (Å²) in [5.41, 5.74) is 0.586. The van der Waals surface area contributed by atoms with E-state index >= 15 is 0 Å². The van der Waals surface area contributed by atoms with Crippen molar-refractivity contribution in [1.82, 2.24) is 9.62 Å². The predicted octanol–water partition coefficient (Wildman–Crippen LogP) is 1.22. The number of rotatable bonds is 9. The zero-order chi connectivity index (χ0) is 19.2. The van der Waals surface area contributed by atoms with Crippen molar-refractivity contribution in [2.75, 3.05) is 20.1 Å². The van der Waals surface area contributed by atoms with Gasteiger partial charge < -0.3 is 10.0 Å². The van der Waals surface area contributed by atoms with Crippen LogP contribution in [-0.4, -0.2) is 56.3 Å². The normalized spacial score (nSPS) is 16.1. The molecule has 0 saturated heterocycles. The van der Waals surface area contributed by atoms with E-state index in [0.717, 1.165) is 12.8 Å². The van der Waals surface area contributed by atoms with Crippen molar-refractivity contribution in [3.05, 3.63) is 29.8 Å². The average Bonchev–Trinajstić information content (AvgIpc) is 2.86. The van der Waals surface area contributed by atoms with Crippen LogP contribution < -0.4 is 4.72 Å². The number of sulfonamides is 1. The molecular weight excluding hydrogens is 358 g/mol. The number of hydrogen-bond acceptors (Lipinski definition) is 5. The number of carboxylic acid groups (broad SMARTS) is 1. The zero-order valence-electron chi connectivity index (χ0n) is 14.6. The number of fused-ring (bicyclic) bond motifs is 1. The molecule has 0 spiro atoms. The number of aliphatic imine (C=N–C) groups is 1. The van der Waals surface area contributed by atoms with Gasteiger partial charge in [0.25, 0.3) is 10.0 Å². The number of unbranched alkanes of at least 4 members (excludes halogenated alkanes) is 2. The van der Waals surface area contributed by atoms with Crippen LogP contribution in [-0.2, 0) is 19.6 Å². The van der Waals surface area contributed by atoms with Gasteiger partial charge in [0, 0.05) is 32.1 Å². The third kappa shape index (κ3) is 5.29. The Morgan fingerprint density at radius 3 is 2.62 bits per heavy atom. The second-order valence-corrected chi connectivity index (χ2v) is 7.75.